The van der Waals surface area contributed by atoms with Gasteiger partial charge in [0.25, 0.3) is 0 Å². The quantitative estimate of drug-likeness (QED) is 0.801. The number of halogens is 1. The van der Waals surface area contributed by atoms with E-state index in [4.69, 9.17) is 16.7 Å². The molecule has 0 saturated heterocycles. The summed E-state index contributed by atoms with van der Waals surface area (Å²) < 4.78 is 0. The van der Waals surface area contributed by atoms with Crippen LogP contribution in [0.15, 0.2) is 18.2 Å². The molecule has 1 saturated carbocycles. The maximum Gasteiger partial charge on any atom is 0.153 e. The summed E-state index contributed by atoms with van der Waals surface area (Å²) in [5.41, 5.74) is 1.35. The van der Waals surface area contributed by atoms with E-state index in [9.17, 15) is 4.79 Å². The van der Waals surface area contributed by atoms with Crippen molar-refractivity contribution < 1.29 is 9.90 Å². The predicted molar refractivity (Wildman–Crippen MR) is 64.3 cm³/mol. The number of carbonyl (C=O) groups excluding carboxylic acids is 1. The van der Waals surface area contributed by atoms with E-state index in [0.717, 1.165) is 24.8 Å². The van der Waals surface area contributed by atoms with E-state index >= 15 is 0 Å². The zero-order valence-corrected chi connectivity index (χ0v) is 9.65. The van der Waals surface area contributed by atoms with E-state index in [2.05, 4.69) is 4.90 Å². The molecule has 4 heteroatoms. The minimum absolute atomic E-state index is 0.0846. The molecule has 0 aliphatic heterocycles. The molecule has 0 unspecified atom stereocenters. The molecule has 0 spiro atoms. The summed E-state index contributed by atoms with van der Waals surface area (Å²) in [6.45, 7) is 0.632. The van der Waals surface area contributed by atoms with Gasteiger partial charge in [0.15, 0.2) is 6.29 Å². The third kappa shape index (κ3) is 2.20. The van der Waals surface area contributed by atoms with Gasteiger partial charge >= 0.3 is 0 Å². The fraction of sp³-hybridized carbons (Fsp3) is 0.417. The first-order valence-corrected chi connectivity index (χ1v) is 5.77. The van der Waals surface area contributed by atoms with E-state index in [-0.39, 0.29) is 6.61 Å². The Morgan fingerprint density at radius 2 is 2.25 bits per heavy atom. The molecule has 3 nitrogen and oxygen atoms in total. The number of hydrogen-bond donors (Lipinski definition) is 1. The fourth-order valence-electron chi connectivity index (χ4n) is 1.89. The van der Waals surface area contributed by atoms with Crippen molar-refractivity contribution in [1.29, 1.82) is 0 Å². The summed E-state index contributed by atoms with van der Waals surface area (Å²) in [5, 5.41) is 9.51. The second kappa shape index (κ2) is 4.85. The molecule has 1 aliphatic carbocycles. The Morgan fingerprint density at radius 3 is 2.81 bits per heavy atom. The first kappa shape index (κ1) is 11.4. The van der Waals surface area contributed by atoms with Crippen molar-refractivity contribution in [1.82, 2.24) is 0 Å². The Morgan fingerprint density at radius 1 is 1.50 bits per heavy atom. The zero-order chi connectivity index (χ0) is 11.5. The number of hydrogen-bond acceptors (Lipinski definition) is 3. The van der Waals surface area contributed by atoms with E-state index in [1.165, 1.54) is 0 Å². The molecule has 0 heterocycles. The van der Waals surface area contributed by atoms with Crippen LogP contribution in [0.4, 0.5) is 5.69 Å². The molecule has 0 aromatic heterocycles. The van der Waals surface area contributed by atoms with Gasteiger partial charge in [-0.25, -0.2) is 0 Å². The molecule has 1 aromatic carbocycles. The lowest BCUT2D eigenvalue weighted by Crippen LogP contribution is -2.29. The van der Waals surface area contributed by atoms with Gasteiger partial charge in [0, 0.05) is 18.3 Å². The first-order chi connectivity index (χ1) is 7.77. The van der Waals surface area contributed by atoms with Gasteiger partial charge in [-0.3, -0.25) is 4.79 Å². The molecule has 16 heavy (non-hydrogen) atoms. The van der Waals surface area contributed by atoms with Crippen LogP contribution in [0.2, 0.25) is 5.02 Å². The lowest BCUT2D eigenvalue weighted by molar-refractivity contribution is 0.112. The van der Waals surface area contributed by atoms with Gasteiger partial charge in [0.1, 0.15) is 0 Å². The van der Waals surface area contributed by atoms with Crippen LogP contribution in [0.1, 0.15) is 23.2 Å². The molecule has 0 amide bonds. The van der Waals surface area contributed by atoms with Gasteiger partial charge in [-0.05, 0) is 25.0 Å². The summed E-state index contributed by atoms with van der Waals surface area (Å²) in [6.07, 6.45) is 3.01. The van der Waals surface area contributed by atoms with Gasteiger partial charge < -0.3 is 10.0 Å². The summed E-state index contributed by atoms with van der Waals surface area (Å²) in [7, 11) is 0. The number of aliphatic hydroxyl groups is 1. The minimum Gasteiger partial charge on any atom is -0.395 e. The SMILES string of the molecule is O=Cc1c(Cl)cccc1N(CCO)C1CC1. The van der Waals surface area contributed by atoms with Crippen LogP contribution in [0, 0.1) is 0 Å². The van der Waals surface area contributed by atoms with E-state index in [1.54, 1.807) is 6.07 Å². The van der Waals surface area contributed by atoms with Crippen molar-refractivity contribution in [3.05, 3.63) is 28.8 Å². The lowest BCUT2D eigenvalue weighted by Gasteiger charge is -2.25. The normalized spacial score (nSPS) is 14.9. The molecule has 1 aliphatic rings. The second-order valence-electron chi connectivity index (χ2n) is 3.94. The molecular weight excluding hydrogens is 226 g/mol. The van der Waals surface area contributed by atoms with Crippen LogP contribution in [0.3, 0.4) is 0 Å². The molecule has 0 atom stereocenters. The Kier molecular flexibility index (Phi) is 3.46. The molecule has 0 bridgehead atoms. The minimum atomic E-state index is 0.0846. The molecule has 86 valence electrons. The van der Waals surface area contributed by atoms with Crippen LogP contribution < -0.4 is 4.90 Å². The third-order valence-corrected chi connectivity index (χ3v) is 3.12. The topological polar surface area (TPSA) is 40.5 Å². The highest BCUT2D eigenvalue weighted by Crippen LogP contribution is 2.34. The van der Waals surface area contributed by atoms with Gasteiger partial charge in [-0.1, -0.05) is 17.7 Å². The summed E-state index contributed by atoms with van der Waals surface area (Å²) in [5.74, 6) is 0. The van der Waals surface area contributed by atoms with E-state index < -0.39 is 0 Å². The van der Waals surface area contributed by atoms with Crippen molar-refractivity contribution in [2.24, 2.45) is 0 Å². The number of benzene rings is 1. The average molecular weight is 240 g/mol. The van der Waals surface area contributed by atoms with E-state index in [0.29, 0.717) is 23.2 Å². The molecule has 1 aromatic rings. The molecular formula is C12H14ClNO2. The average Bonchev–Trinajstić information content (AvgIpc) is 3.09. The number of nitrogens with zero attached hydrogens (tertiary/aromatic N) is 1. The number of anilines is 1. The first-order valence-electron chi connectivity index (χ1n) is 5.39. The van der Waals surface area contributed by atoms with Gasteiger partial charge in [-0.2, -0.15) is 0 Å². The largest absolute Gasteiger partial charge is 0.395 e. The molecule has 1 fully saturated rings. The predicted octanol–water partition coefficient (Wildman–Crippen LogP) is 2.11. The highest BCUT2D eigenvalue weighted by atomic mass is 35.5. The maximum atomic E-state index is 11.0. The van der Waals surface area contributed by atoms with Gasteiger partial charge in [-0.15, -0.1) is 0 Å². The van der Waals surface area contributed by atoms with Crippen molar-refractivity contribution >= 4 is 23.6 Å². The van der Waals surface area contributed by atoms with Crippen molar-refractivity contribution in [3.8, 4) is 0 Å². The third-order valence-electron chi connectivity index (χ3n) is 2.79. The van der Waals surface area contributed by atoms with Crippen molar-refractivity contribution in [2.75, 3.05) is 18.1 Å². The number of aldehydes is 1. The molecule has 2 rings (SSSR count). The summed E-state index contributed by atoms with van der Waals surface area (Å²) in [6, 6.07) is 5.86. The number of aliphatic hydroxyl groups excluding tert-OH is 1. The Hall–Kier alpha value is -1.06. The zero-order valence-electron chi connectivity index (χ0n) is 8.90. The maximum absolute atomic E-state index is 11.0. The second-order valence-corrected chi connectivity index (χ2v) is 4.35. The highest BCUT2D eigenvalue weighted by Gasteiger charge is 2.30. The highest BCUT2D eigenvalue weighted by molar-refractivity contribution is 6.33. The summed E-state index contributed by atoms with van der Waals surface area (Å²) >= 11 is 5.98. The van der Waals surface area contributed by atoms with Gasteiger partial charge in [0.05, 0.1) is 17.2 Å². The fourth-order valence-corrected chi connectivity index (χ4v) is 2.10. The summed E-state index contributed by atoms with van der Waals surface area (Å²) in [4.78, 5) is 13.1. The number of carbonyl (C=O) groups is 1. The Balaban J connectivity index is 2.35. The lowest BCUT2D eigenvalue weighted by atomic mass is 10.1. The number of rotatable bonds is 5. The van der Waals surface area contributed by atoms with Gasteiger partial charge in [0.2, 0.25) is 0 Å². The van der Waals surface area contributed by atoms with Crippen molar-refractivity contribution in [3.63, 3.8) is 0 Å². The monoisotopic (exact) mass is 239 g/mol. The van der Waals surface area contributed by atoms with Crippen LogP contribution in [-0.2, 0) is 0 Å². The van der Waals surface area contributed by atoms with Crippen LogP contribution >= 0.6 is 11.6 Å². The molecule has 0 radical (unpaired) electrons. The Bertz CT molecular complexity index is 391. The molecule has 1 N–H and O–H groups in total. The Labute approximate surface area is 99.6 Å². The van der Waals surface area contributed by atoms with Crippen LogP contribution in [0.25, 0.3) is 0 Å². The van der Waals surface area contributed by atoms with Crippen LogP contribution in [-0.4, -0.2) is 30.6 Å². The smallest absolute Gasteiger partial charge is 0.153 e. The van der Waals surface area contributed by atoms with Crippen molar-refractivity contribution in [2.45, 2.75) is 18.9 Å². The van der Waals surface area contributed by atoms with E-state index in [1.807, 2.05) is 12.1 Å². The standard InChI is InChI=1S/C12H14ClNO2/c13-11-2-1-3-12(10(11)8-16)14(6-7-15)9-4-5-9/h1-3,8-9,15H,4-7H2. The van der Waals surface area contributed by atoms with Crippen LogP contribution in [0.5, 0.6) is 0 Å².